The van der Waals surface area contributed by atoms with E-state index < -0.39 is 0 Å². The molecule has 0 radical (unpaired) electrons. The van der Waals surface area contributed by atoms with Gasteiger partial charge in [0.05, 0.1) is 22.2 Å². The molecule has 1 aliphatic heterocycles. The molecule has 1 amide bonds. The van der Waals surface area contributed by atoms with E-state index in [4.69, 9.17) is 16.9 Å². The number of hydrogen-bond acceptors (Lipinski definition) is 3. The van der Waals surface area contributed by atoms with Gasteiger partial charge in [-0.1, -0.05) is 17.7 Å². The molecule has 21 heavy (non-hydrogen) atoms. The fourth-order valence-electron chi connectivity index (χ4n) is 2.34. The summed E-state index contributed by atoms with van der Waals surface area (Å²) in [5.41, 5.74) is 3.86. The average Bonchev–Trinajstić information content (AvgIpc) is 2.95. The third-order valence-corrected chi connectivity index (χ3v) is 3.76. The summed E-state index contributed by atoms with van der Waals surface area (Å²) in [5, 5.41) is 15.3. The highest BCUT2D eigenvalue weighted by molar-refractivity contribution is 6.34. The number of carbonyl (C=O) groups excluding carboxylic acids is 1. The Balaban J connectivity index is 1.85. The second-order valence-electron chi connectivity index (χ2n) is 4.85. The summed E-state index contributed by atoms with van der Waals surface area (Å²) in [7, 11) is 0. The second-order valence-corrected chi connectivity index (χ2v) is 5.25. The molecule has 3 rings (SSSR count). The van der Waals surface area contributed by atoms with Gasteiger partial charge in [0, 0.05) is 18.8 Å². The lowest BCUT2D eigenvalue weighted by atomic mass is 10.1. The SMILES string of the molecule is N#Cc1ccc(Cl)c(C(=O)Nc2ccc3c(c2)CNC3)c1. The van der Waals surface area contributed by atoms with Gasteiger partial charge in [0.15, 0.2) is 0 Å². The van der Waals surface area contributed by atoms with Crippen LogP contribution in [0.4, 0.5) is 5.69 Å². The first kappa shape index (κ1) is 13.6. The molecule has 0 fully saturated rings. The number of nitriles is 1. The molecule has 104 valence electrons. The minimum Gasteiger partial charge on any atom is -0.322 e. The number of hydrogen-bond donors (Lipinski definition) is 2. The molecule has 0 saturated carbocycles. The maximum atomic E-state index is 12.3. The maximum Gasteiger partial charge on any atom is 0.257 e. The van der Waals surface area contributed by atoms with Crippen LogP contribution in [0.5, 0.6) is 0 Å². The van der Waals surface area contributed by atoms with E-state index in [2.05, 4.69) is 10.6 Å². The molecule has 0 atom stereocenters. The number of anilines is 1. The van der Waals surface area contributed by atoms with Crippen LogP contribution in [0.1, 0.15) is 27.0 Å². The van der Waals surface area contributed by atoms with Crippen LogP contribution in [0.2, 0.25) is 5.02 Å². The number of nitrogens with zero attached hydrogens (tertiary/aromatic N) is 1. The third kappa shape index (κ3) is 2.75. The van der Waals surface area contributed by atoms with E-state index in [1.165, 1.54) is 17.2 Å². The zero-order valence-electron chi connectivity index (χ0n) is 11.1. The summed E-state index contributed by atoms with van der Waals surface area (Å²) < 4.78 is 0. The number of nitrogens with one attached hydrogen (secondary N) is 2. The largest absolute Gasteiger partial charge is 0.322 e. The minimum absolute atomic E-state index is 0.300. The van der Waals surface area contributed by atoms with Crippen LogP contribution in [0.25, 0.3) is 0 Å². The summed E-state index contributed by atoms with van der Waals surface area (Å²) in [5.74, 6) is -0.317. The predicted molar refractivity (Wildman–Crippen MR) is 81.1 cm³/mol. The number of halogens is 1. The zero-order valence-corrected chi connectivity index (χ0v) is 11.9. The van der Waals surface area contributed by atoms with Crippen LogP contribution >= 0.6 is 11.6 Å². The Hall–Kier alpha value is -2.35. The van der Waals surface area contributed by atoms with Gasteiger partial charge in [0.2, 0.25) is 0 Å². The lowest BCUT2D eigenvalue weighted by Crippen LogP contribution is -2.13. The van der Waals surface area contributed by atoms with E-state index in [1.807, 2.05) is 24.3 Å². The molecule has 0 spiro atoms. The number of amides is 1. The van der Waals surface area contributed by atoms with Gasteiger partial charge in [-0.15, -0.1) is 0 Å². The molecule has 0 bridgehead atoms. The molecule has 0 unspecified atom stereocenters. The van der Waals surface area contributed by atoms with Gasteiger partial charge >= 0.3 is 0 Å². The normalized spacial score (nSPS) is 12.6. The van der Waals surface area contributed by atoms with Crippen LogP contribution in [-0.4, -0.2) is 5.91 Å². The van der Waals surface area contributed by atoms with Crippen LogP contribution in [0, 0.1) is 11.3 Å². The van der Waals surface area contributed by atoms with Crippen molar-refractivity contribution in [2.24, 2.45) is 0 Å². The van der Waals surface area contributed by atoms with Crippen molar-refractivity contribution in [1.29, 1.82) is 5.26 Å². The highest BCUT2D eigenvalue weighted by Gasteiger charge is 2.14. The lowest BCUT2D eigenvalue weighted by Gasteiger charge is -2.08. The highest BCUT2D eigenvalue weighted by Crippen LogP contribution is 2.22. The van der Waals surface area contributed by atoms with Crippen molar-refractivity contribution in [2.75, 3.05) is 5.32 Å². The van der Waals surface area contributed by atoms with E-state index in [0.29, 0.717) is 16.1 Å². The van der Waals surface area contributed by atoms with Crippen LogP contribution < -0.4 is 10.6 Å². The van der Waals surface area contributed by atoms with Crippen molar-refractivity contribution in [3.8, 4) is 6.07 Å². The van der Waals surface area contributed by atoms with Crippen molar-refractivity contribution in [3.63, 3.8) is 0 Å². The minimum atomic E-state index is -0.317. The monoisotopic (exact) mass is 297 g/mol. The lowest BCUT2D eigenvalue weighted by molar-refractivity contribution is 0.102. The summed E-state index contributed by atoms with van der Waals surface area (Å²) in [4.78, 5) is 12.3. The van der Waals surface area contributed by atoms with E-state index in [1.54, 1.807) is 12.1 Å². The topological polar surface area (TPSA) is 64.9 Å². The maximum absolute atomic E-state index is 12.3. The average molecular weight is 298 g/mol. The fourth-order valence-corrected chi connectivity index (χ4v) is 2.54. The van der Waals surface area contributed by atoms with Crippen molar-refractivity contribution in [2.45, 2.75) is 13.1 Å². The highest BCUT2D eigenvalue weighted by atomic mass is 35.5. The first-order valence-electron chi connectivity index (χ1n) is 6.51. The Morgan fingerprint density at radius 2 is 2.00 bits per heavy atom. The van der Waals surface area contributed by atoms with E-state index >= 15 is 0 Å². The molecule has 1 aliphatic rings. The Labute approximate surface area is 127 Å². The van der Waals surface area contributed by atoms with Gasteiger partial charge in [0.25, 0.3) is 5.91 Å². The molecule has 5 heteroatoms. The molecule has 0 saturated heterocycles. The van der Waals surface area contributed by atoms with E-state index in [9.17, 15) is 4.79 Å². The number of rotatable bonds is 2. The Bertz CT molecular complexity index is 765. The van der Waals surface area contributed by atoms with Crippen LogP contribution in [0.3, 0.4) is 0 Å². The molecule has 0 aromatic heterocycles. The standard InChI is InChI=1S/C16H12ClN3O/c17-15-4-1-10(7-18)5-14(15)16(21)20-13-3-2-11-8-19-9-12(11)6-13/h1-6,19H,8-9H2,(H,20,21). The second kappa shape index (κ2) is 5.57. The molecule has 2 aromatic rings. The van der Waals surface area contributed by atoms with E-state index in [0.717, 1.165) is 18.8 Å². The predicted octanol–water partition coefficient (Wildman–Crippen LogP) is 3.07. The smallest absolute Gasteiger partial charge is 0.257 e. The van der Waals surface area contributed by atoms with Crippen LogP contribution in [0.15, 0.2) is 36.4 Å². The Kier molecular flexibility index (Phi) is 3.61. The first-order chi connectivity index (χ1) is 10.2. The first-order valence-corrected chi connectivity index (χ1v) is 6.88. The Morgan fingerprint density at radius 1 is 1.19 bits per heavy atom. The molecule has 2 N–H and O–H groups in total. The van der Waals surface area contributed by atoms with Crippen molar-refractivity contribution in [1.82, 2.24) is 5.32 Å². The number of carbonyl (C=O) groups is 1. The molecular formula is C16H12ClN3O. The van der Waals surface area contributed by atoms with E-state index in [-0.39, 0.29) is 5.91 Å². The molecule has 2 aromatic carbocycles. The quantitative estimate of drug-likeness (QED) is 0.895. The summed E-state index contributed by atoms with van der Waals surface area (Å²) in [6.07, 6.45) is 0. The number of benzene rings is 2. The summed E-state index contributed by atoms with van der Waals surface area (Å²) in [6.45, 7) is 1.67. The van der Waals surface area contributed by atoms with Gasteiger partial charge < -0.3 is 10.6 Å². The molecule has 4 nitrogen and oxygen atoms in total. The third-order valence-electron chi connectivity index (χ3n) is 3.44. The Morgan fingerprint density at radius 3 is 2.81 bits per heavy atom. The van der Waals surface area contributed by atoms with Crippen LogP contribution in [-0.2, 0) is 13.1 Å². The number of fused-ring (bicyclic) bond motifs is 1. The fraction of sp³-hybridized carbons (Fsp3) is 0.125. The van der Waals surface area contributed by atoms with Crippen molar-refractivity contribution >= 4 is 23.2 Å². The molecule has 0 aliphatic carbocycles. The summed E-state index contributed by atoms with van der Waals surface area (Å²) >= 11 is 6.03. The van der Waals surface area contributed by atoms with Crippen molar-refractivity contribution < 1.29 is 4.79 Å². The van der Waals surface area contributed by atoms with Gasteiger partial charge in [-0.3, -0.25) is 4.79 Å². The van der Waals surface area contributed by atoms with Gasteiger partial charge in [-0.2, -0.15) is 5.26 Å². The zero-order chi connectivity index (χ0) is 14.8. The summed E-state index contributed by atoms with van der Waals surface area (Å²) in [6, 6.07) is 12.5. The molecule has 1 heterocycles. The van der Waals surface area contributed by atoms with Crippen molar-refractivity contribution in [3.05, 3.63) is 63.7 Å². The van der Waals surface area contributed by atoms with Gasteiger partial charge in [-0.05, 0) is 41.5 Å². The van der Waals surface area contributed by atoms with Gasteiger partial charge in [0.1, 0.15) is 0 Å². The molecular weight excluding hydrogens is 286 g/mol. The van der Waals surface area contributed by atoms with Gasteiger partial charge in [-0.25, -0.2) is 0 Å².